The summed E-state index contributed by atoms with van der Waals surface area (Å²) in [4.78, 5) is 44.1. The number of nitrogens with zero attached hydrogens (tertiary/aromatic N) is 2. The number of furan rings is 1. The SMILES string of the molecule is NC(=O)[C@@H]1C[C@@H](Oc2c3cc(F)ccc3nc3c2oc2ccccc23)CN1C(=O)CCCCCC(O)/C=C\[C@@H]1C[C@@H]1C(=O)NS(=O)(=O)C1CC1. The number of unbranched alkanes of at least 4 members (excludes halogenated alkanes) is 2. The Kier molecular flexibility index (Phi) is 9.24. The number of halogens is 1. The van der Waals surface area contributed by atoms with Crippen molar-refractivity contribution < 1.29 is 41.5 Å². The molecule has 1 aliphatic heterocycles. The highest BCUT2D eigenvalue weighted by Crippen LogP contribution is 2.41. The van der Waals surface area contributed by atoms with E-state index in [0.717, 1.165) is 5.39 Å². The van der Waals surface area contributed by atoms with Crippen LogP contribution in [0.1, 0.15) is 57.8 Å². The first-order valence-corrected chi connectivity index (χ1v) is 18.6. The minimum absolute atomic E-state index is 0.0914. The third-order valence-corrected chi connectivity index (χ3v) is 11.6. The molecule has 5 atom stereocenters. The first-order valence-electron chi connectivity index (χ1n) is 17.1. The van der Waals surface area contributed by atoms with Gasteiger partial charge in [0, 0.05) is 29.5 Å². The molecule has 4 aromatic rings. The van der Waals surface area contributed by atoms with Crippen molar-refractivity contribution in [3.63, 3.8) is 0 Å². The van der Waals surface area contributed by atoms with Gasteiger partial charge in [0.2, 0.25) is 27.7 Å². The van der Waals surface area contributed by atoms with Gasteiger partial charge in [-0.1, -0.05) is 37.1 Å². The first kappa shape index (κ1) is 33.9. The molecule has 2 aromatic carbocycles. The van der Waals surface area contributed by atoms with Gasteiger partial charge >= 0.3 is 0 Å². The van der Waals surface area contributed by atoms with Crippen LogP contribution in [0.3, 0.4) is 0 Å². The monoisotopic (exact) mass is 706 g/mol. The molecule has 7 rings (SSSR count). The number of aliphatic hydroxyl groups excluding tert-OH is 1. The zero-order valence-electron chi connectivity index (χ0n) is 27.3. The molecular weight excluding hydrogens is 667 g/mol. The Balaban J connectivity index is 0.915. The zero-order chi connectivity index (χ0) is 35.2. The third-order valence-electron chi connectivity index (χ3n) is 9.76. The molecule has 3 amide bonds. The van der Waals surface area contributed by atoms with Gasteiger partial charge in [-0.2, -0.15) is 0 Å². The molecule has 0 bridgehead atoms. The number of aromatic nitrogens is 1. The zero-order valence-corrected chi connectivity index (χ0v) is 28.1. The standard InChI is InChI=1S/C36H39FN4O8S/c37-21-11-15-28-27(17-21)33(34-32(39-28)25-7-4-5-8-30(25)49-34)48-23-18-29(35(38)44)41(19-23)31(43)9-3-1-2-6-22(42)12-10-20-16-26(20)36(45)40-50(46,47)24-13-14-24/h4-5,7-8,10-12,15,17,20,22-24,26,29,42H,1-3,6,9,13-14,16,18-19H2,(H2,38,44)(H,40,45)/b12-10-/t20-,22?,23-,26+,29+/m1/s1. The largest absolute Gasteiger partial charge is 0.484 e. The smallest absolute Gasteiger partial charge is 0.240 e. The van der Waals surface area contributed by atoms with E-state index >= 15 is 0 Å². The van der Waals surface area contributed by atoms with Crippen molar-refractivity contribution in [2.45, 2.75) is 81.3 Å². The summed E-state index contributed by atoms with van der Waals surface area (Å²) in [5.41, 5.74) is 7.74. The number of amides is 3. The number of ether oxygens (including phenoxy) is 1. The highest BCUT2D eigenvalue weighted by molar-refractivity contribution is 7.90. The van der Waals surface area contributed by atoms with Crippen LogP contribution in [-0.4, -0.2) is 71.2 Å². The van der Waals surface area contributed by atoms with Crippen LogP contribution in [0.5, 0.6) is 5.75 Å². The fraction of sp³-hybridized carbons (Fsp3) is 0.444. The normalized spacial score (nSPS) is 22.8. The Morgan fingerprint density at radius 2 is 1.92 bits per heavy atom. The average Bonchev–Trinajstić information content (AvgIpc) is 4.00. The Labute approximate surface area is 287 Å². The second-order valence-electron chi connectivity index (χ2n) is 13.6. The predicted molar refractivity (Wildman–Crippen MR) is 183 cm³/mol. The van der Waals surface area contributed by atoms with Gasteiger partial charge in [-0.05, 0) is 68.4 Å². The molecule has 1 unspecified atom stereocenters. The topological polar surface area (TPSA) is 182 Å². The molecule has 3 heterocycles. The Morgan fingerprint density at radius 3 is 2.70 bits per heavy atom. The van der Waals surface area contributed by atoms with Crippen LogP contribution in [0.25, 0.3) is 33.0 Å². The number of primary amides is 1. The maximum Gasteiger partial charge on any atom is 0.240 e. The Morgan fingerprint density at radius 1 is 1.12 bits per heavy atom. The molecule has 12 nitrogen and oxygen atoms in total. The number of fused-ring (bicyclic) bond motifs is 4. The number of hydrogen-bond donors (Lipinski definition) is 3. The molecule has 2 aliphatic carbocycles. The number of sulfonamides is 1. The lowest BCUT2D eigenvalue weighted by Crippen LogP contribution is -2.43. The number of rotatable bonds is 14. The number of nitrogens with one attached hydrogen (secondary N) is 1. The lowest BCUT2D eigenvalue weighted by molar-refractivity contribution is -0.137. The fourth-order valence-corrected chi connectivity index (χ4v) is 8.12. The summed E-state index contributed by atoms with van der Waals surface area (Å²) >= 11 is 0. The van der Waals surface area contributed by atoms with E-state index in [1.165, 1.54) is 17.0 Å². The lowest BCUT2D eigenvalue weighted by Gasteiger charge is -2.22. The van der Waals surface area contributed by atoms with Crippen molar-refractivity contribution in [1.29, 1.82) is 0 Å². The van der Waals surface area contributed by atoms with E-state index in [9.17, 15) is 32.3 Å². The van der Waals surface area contributed by atoms with E-state index in [2.05, 4.69) is 4.72 Å². The van der Waals surface area contributed by atoms with Gasteiger partial charge in [0.15, 0.2) is 11.3 Å². The molecule has 2 saturated carbocycles. The van der Waals surface area contributed by atoms with Crippen molar-refractivity contribution in [3.05, 3.63) is 60.4 Å². The van der Waals surface area contributed by atoms with Crippen molar-refractivity contribution in [3.8, 4) is 5.75 Å². The average molecular weight is 707 g/mol. The summed E-state index contributed by atoms with van der Waals surface area (Å²) in [7, 11) is -3.56. The fourth-order valence-electron chi connectivity index (χ4n) is 6.76. The van der Waals surface area contributed by atoms with Gasteiger partial charge in [0.25, 0.3) is 0 Å². The van der Waals surface area contributed by atoms with E-state index in [0.29, 0.717) is 72.5 Å². The van der Waals surface area contributed by atoms with Crippen LogP contribution in [-0.2, 0) is 24.4 Å². The summed E-state index contributed by atoms with van der Waals surface area (Å²) in [6, 6.07) is 10.7. The van der Waals surface area contributed by atoms with Crippen LogP contribution in [0, 0.1) is 17.7 Å². The van der Waals surface area contributed by atoms with Crippen LogP contribution in [0.15, 0.2) is 59.0 Å². The number of likely N-dealkylation sites (tertiary alicyclic amines) is 1. The van der Waals surface area contributed by atoms with Gasteiger partial charge in [-0.15, -0.1) is 0 Å². The Hall–Kier alpha value is -4.56. The number of para-hydroxylation sites is 1. The third kappa shape index (κ3) is 7.17. The van der Waals surface area contributed by atoms with E-state index in [1.807, 2.05) is 24.3 Å². The Bertz CT molecular complexity index is 2110. The van der Waals surface area contributed by atoms with E-state index < -0.39 is 57.1 Å². The second-order valence-corrected chi connectivity index (χ2v) is 15.5. The van der Waals surface area contributed by atoms with Crippen molar-refractivity contribution in [2.24, 2.45) is 17.6 Å². The van der Waals surface area contributed by atoms with Crippen LogP contribution >= 0.6 is 0 Å². The lowest BCUT2D eigenvalue weighted by atomic mass is 10.1. The number of nitrogens with two attached hydrogens (primary N) is 1. The highest BCUT2D eigenvalue weighted by Gasteiger charge is 2.45. The number of benzene rings is 2. The summed E-state index contributed by atoms with van der Waals surface area (Å²) in [5.74, 6) is -2.02. The molecule has 14 heteroatoms. The van der Waals surface area contributed by atoms with E-state index in [4.69, 9.17) is 19.9 Å². The minimum atomic E-state index is -3.56. The number of carbonyl (C=O) groups excluding carboxylic acids is 3. The molecule has 1 saturated heterocycles. The highest BCUT2D eigenvalue weighted by atomic mass is 32.2. The number of allylic oxidation sites excluding steroid dienone is 1. The van der Waals surface area contributed by atoms with E-state index in [-0.39, 0.29) is 37.0 Å². The maximum absolute atomic E-state index is 14.4. The molecule has 50 heavy (non-hydrogen) atoms. The van der Waals surface area contributed by atoms with Crippen molar-refractivity contribution >= 4 is 60.7 Å². The maximum atomic E-state index is 14.4. The van der Waals surface area contributed by atoms with E-state index in [1.54, 1.807) is 18.2 Å². The van der Waals surface area contributed by atoms with Crippen LogP contribution in [0.4, 0.5) is 4.39 Å². The summed E-state index contributed by atoms with van der Waals surface area (Å²) < 4.78 is 53.1. The number of hydrogen-bond acceptors (Lipinski definition) is 9. The molecule has 0 spiro atoms. The molecule has 3 fully saturated rings. The molecular formula is C36H39FN4O8S. The van der Waals surface area contributed by atoms with Crippen molar-refractivity contribution in [2.75, 3.05) is 6.54 Å². The molecule has 0 radical (unpaired) electrons. The van der Waals surface area contributed by atoms with Gasteiger partial charge < -0.3 is 24.9 Å². The van der Waals surface area contributed by atoms with Gasteiger partial charge in [0.05, 0.1) is 23.4 Å². The summed E-state index contributed by atoms with van der Waals surface area (Å²) in [6.45, 7) is 0.115. The quantitative estimate of drug-likeness (QED) is 0.128. The van der Waals surface area contributed by atoms with Gasteiger partial charge in [-0.3, -0.25) is 19.1 Å². The predicted octanol–water partition coefficient (Wildman–Crippen LogP) is 4.22. The second kappa shape index (κ2) is 13.6. The minimum Gasteiger partial charge on any atom is -0.484 e. The number of aliphatic hydroxyl groups is 1. The molecule has 4 N–H and O–H groups in total. The molecule has 2 aromatic heterocycles. The summed E-state index contributed by atoms with van der Waals surface area (Å²) in [6.07, 6.45) is 6.46. The molecule has 3 aliphatic rings. The van der Waals surface area contributed by atoms with Gasteiger partial charge in [0.1, 0.15) is 29.1 Å². The van der Waals surface area contributed by atoms with Gasteiger partial charge in [-0.25, -0.2) is 17.8 Å². The van der Waals surface area contributed by atoms with Crippen LogP contribution in [0.2, 0.25) is 0 Å². The van der Waals surface area contributed by atoms with Crippen LogP contribution < -0.4 is 15.2 Å². The summed E-state index contributed by atoms with van der Waals surface area (Å²) in [5, 5.41) is 11.1. The molecule has 264 valence electrons. The number of pyridine rings is 1. The number of carbonyl (C=O) groups is 3. The first-order chi connectivity index (χ1) is 24.0. The van der Waals surface area contributed by atoms with Crippen molar-refractivity contribution in [1.82, 2.24) is 14.6 Å².